The number of halogens is 1. The van der Waals surface area contributed by atoms with Gasteiger partial charge in [-0.05, 0) is 74.1 Å². The monoisotopic (exact) mass is 536 g/mol. The number of hydrogen-bond acceptors (Lipinski definition) is 6. The molecular formula is C27H29FN6O5. The van der Waals surface area contributed by atoms with Crippen LogP contribution in [-0.4, -0.2) is 49.7 Å². The Balaban J connectivity index is 1.37. The van der Waals surface area contributed by atoms with E-state index in [4.69, 9.17) is 5.73 Å². The number of carboxylic acid groups (broad SMARTS) is 1. The van der Waals surface area contributed by atoms with Gasteiger partial charge in [0.2, 0.25) is 0 Å². The molecule has 11 nitrogen and oxygen atoms in total. The zero-order valence-electron chi connectivity index (χ0n) is 21.4. The van der Waals surface area contributed by atoms with Crippen LogP contribution in [0.25, 0.3) is 5.65 Å². The Morgan fingerprint density at radius 1 is 1.05 bits per heavy atom. The largest absolute Gasteiger partial charge is 0.481 e. The molecule has 12 heteroatoms. The molecule has 5 N–H and O–H groups in total. The number of nitrogens with zero attached hydrogens (tertiary/aromatic N) is 3. The second-order valence-electron chi connectivity index (χ2n) is 10.7. The summed E-state index contributed by atoms with van der Waals surface area (Å²) in [6, 6.07) is 5.80. The highest BCUT2D eigenvalue weighted by Crippen LogP contribution is 2.56. The predicted octanol–water partition coefficient (Wildman–Crippen LogP) is 2.36. The van der Waals surface area contributed by atoms with Crippen LogP contribution in [0.5, 0.6) is 0 Å². The number of aromatic nitrogens is 3. The number of rotatable bonds is 8. The van der Waals surface area contributed by atoms with Gasteiger partial charge in [0.15, 0.2) is 11.3 Å². The van der Waals surface area contributed by atoms with Crippen LogP contribution in [0.4, 0.5) is 4.39 Å². The second-order valence-corrected chi connectivity index (χ2v) is 10.7. The molecule has 2 heterocycles. The van der Waals surface area contributed by atoms with E-state index < -0.39 is 29.1 Å². The van der Waals surface area contributed by atoms with Gasteiger partial charge < -0.3 is 21.5 Å². The summed E-state index contributed by atoms with van der Waals surface area (Å²) in [6.45, 7) is 2.07. The SMILES string of the molecule is Cc1cc(CNC(=O)c2cc(C(=O)NCC34CCC(C(=O)O)(CC3)CC4)n3cnc(C(N)=O)c3n2)ccc1F. The topological polar surface area (TPSA) is 169 Å². The normalized spacial score (nSPS) is 22.0. The van der Waals surface area contributed by atoms with Crippen molar-refractivity contribution >= 4 is 29.3 Å². The molecule has 0 unspecified atom stereocenters. The van der Waals surface area contributed by atoms with E-state index in [2.05, 4.69) is 20.6 Å². The van der Waals surface area contributed by atoms with Gasteiger partial charge in [-0.25, -0.2) is 14.4 Å². The lowest BCUT2D eigenvalue weighted by Crippen LogP contribution is -2.50. The van der Waals surface area contributed by atoms with Gasteiger partial charge in [-0.1, -0.05) is 12.1 Å². The van der Waals surface area contributed by atoms with E-state index in [0.717, 1.165) is 0 Å². The van der Waals surface area contributed by atoms with Crippen LogP contribution in [0.3, 0.4) is 0 Å². The lowest BCUT2D eigenvalue weighted by Gasteiger charge is -2.51. The predicted molar refractivity (Wildman–Crippen MR) is 136 cm³/mol. The molecule has 3 aliphatic rings. The number of carbonyl (C=O) groups is 4. The average Bonchev–Trinajstić information content (AvgIpc) is 3.37. The molecule has 39 heavy (non-hydrogen) atoms. The summed E-state index contributed by atoms with van der Waals surface area (Å²) >= 11 is 0. The summed E-state index contributed by atoms with van der Waals surface area (Å²) < 4.78 is 14.9. The Bertz CT molecular complexity index is 1490. The molecule has 0 aliphatic heterocycles. The Kier molecular flexibility index (Phi) is 6.57. The first kappa shape index (κ1) is 26.3. The summed E-state index contributed by atoms with van der Waals surface area (Å²) in [5.74, 6) is -3.05. The average molecular weight is 537 g/mol. The van der Waals surface area contributed by atoms with Crippen molar-refractivity contribution in [3.63, 3.8) is 0 Å². The maximum Gasteiger partial charge on any atom is 0.309 e. The molecule has 3 fully saturated rings. The van der Waals surface area contributed by atoms with E-state index in [-0.39, 0.29) is 40.5 Å². The molecule has 3 aliphatic carbocycles. The van der Waals surface area contributed by atoms with Crippen molar-refractivity contribution in [2.24, 2.45) is 16.6 Å². The number of carboxylic acids is 1. The number of amides is 3. The van der Waals surface area contributed by atoms with Crippen LogP contribution in [0.1, 0.15) is 81.1 Å². The fourth-order valence-corrected chi connectivity index (χ4v) is 5.73. The minimum atomic E-state index is -0.860. The first-order chi connectivity index (χ1) is 18.5. The van der Waals surface area contributed by atoms with Crippen molar-refractivity contribution in [2.75, 3.05) is 6.54 Å². The number of nitrogens with one attached hydrogen (secondary N) is 2. The van der Waals surface area contributed by atoms with Crippen molar-refractivity contribution in [2.45, 2.75) is 52.0 Å². The van der Waals surface area contributed by atoms with Crippen LogP contribution in [0.15, 0.2) is 30.6 Å². The maximum absolute atomic E-state index is 13.6. The van der Waals surface area contributed by atoms with E-state index in [1.165, 1.54) is 22.9 Å². The summed E-state index contributed by atoms with van der Waals surface area (Å²) in [7, 11) is 0. The molecule has 6 rings (SSSR count). The molecule has 3 saturated carbocycles. The number of imidazole rings is 1. The summed E-state index contributed by atoms with van der Waals surface area (Å²) in [5, 5.41) is 15.3. The van der Waals surface area contributed by atoms with Gasteiger partial charge in [0.1, 0.15) is 23.5 Å². The highest BCUT2D eigenvalue weighted by molar-refractivity contribution is 6.01. The zero-order valence-corrected chi connectivity index (χ0v) is 21.4. The number of nitrogens with two attached hydrogens (primary N) is 1. The molecule has 0 saturated heterocycles. The molecule has 2 bridgehead atoms. The van der Waals surface area contributed by atoms with Gasteiger partial charge in [-0.2, -0.15) is 0 Å². The molecule has 0 spiro atoms. The Labute approximate surface area is 223 Å². The quantitative estimate of drug-likeness (QED) is 0.342. The van der Waals surface area contributed by atoms with Crippen LogP contribution < -0.4 is 16.4 Å². The van der Waals surface area contributed by atoms with Gasteiger partial charge in [-0.3, -0.25) is 23.6 Å². The fraction of sp³-hybridized carbons (Fsp3) is 0.407. The second kappa shape index (κ2) is 9.75. The fourth-order valence-electron chi connectivity index (χ4n) is 5.73. The zero-order chi connectivity index (χ0) is 27.9. The molecule has 204 valence electrons. The van der Waals surface area contributed by atoms with Crippen molar-refractivity contribution in [1.29, 1.82) is 0 Å². The summed E-state index contributed by atoms with van der Waals surface area (Å²) in [5.41, 5.74) is 5.44. The third kappa shape index (κ3) is 4.82. The number of benzene rings is 1. The summed E-state index contributed by atoms with van der Waals surface area (Å²) in [4.78, 5) is 58.3. The number of aryl methyl sites for hydroxylation is 1. The number of carbonyl (C=O) groups excluding carboxylic acids is 3. The Morgan fingerprint density at radius 3 is 2.36 bits per heavy atom. The highest BCUT2D eigenvalue weighted by atomic mass is 19.1. The smallest absolute Gasteiger partial charge is 0.309 e. The standard InChI is InChI=1S/C27H29FN6O5/c1-15-10-16(2-3-17(15)28)12-30-23(36)18-11-19(34-14-32-20(21(29)35)22(34)33-18)24(37)31-13-26-4-7-27(8-5-26,9-6-26)25(38)39/h2-3,10-11,14H,4-9,12-13H2,1H3,(H2,29,35)(H,30,36)(H,31,37)(H,38,39). The Morgan fingerprint density at radius 2 is 1.74 bits per heavy atom. The van der Waals surface area contributed by atoms with Crippen LogP contribution in [0, 0.1) is 23.6 Å². The van der Waals surface area contributed by atoms with Gasteiger partial charge in [0, 0.05) is 13.1 Å². The molecule has 0 radical (unpaired) electrons. The minimum absolute atomic E-state index is 0.0299. The van der Waals surface area contributed by atoms with E-state index in [9.17, 15) is 28.7 Å². The number of aliphatic carboxylic acids is 1. The molecule has 2 aromatic heterocycles. The molecule has 0 atom stereocenters. The van der Waals surface area contributed by atoms with Crippen molar-refractivity contribution in [3.05, 3.63) is 64.6 Å². The van der Waals surface area contributed by atoms with Gasteiger partial charge in [0.25, 0.3) is 17.7 Å². The summed E-state index contributed by atoms with van der Waals surface area (Å²) in [6.07, 6.45) is 5.12. The van der Waals surface area contributed by atoms with Crippen molar-refractivity contribution < 1.29 is 28.7 Å². The van der Waals surface area contributed by atoms with Crippen LogP contribution in [-0.2, 0) is 11.3 Å². The number of hydrogen-bond donors (Lipinski definition) is 4. The number of primary amides is 1. The van der Waals surface area contributed by atoms with Crippen LogP contribution in [0.2, 0.25) is 0 Å². The third-order valence-corrected chi connectivity index (χ3v) is 8.35. The molecular weight excluding hydrogens is 507 g/mol. The molecule has 3 amide bonds. The number of fused-ring (bicyclic) bond motifs is 4. The van der Waals surface area contributed by atoms with Crippen molar-refractivity contribution in [1.82, 2.24) is 25.0 Å². The van der Waals surface area contributed by atoms with Crippen molar-refractivity contribution in [3.8, 4) is 0 Å². The van der Waals surface area contributed by atoms with E-state index in [1.54, 1.807) is 19.1 Å². The highest BCUT2D eigenvalue weighted by Gasteiger charge is 2.52. The van der Waals surface area contributed by atoms with Gasteiger partial charge in [-0.15, -0.1) is 0 Å². The van der Waals surface area contributed by atoms with E-state index >= 15 is 0 Å². The van der Waals surface area contributed by atoms with Gasteiger partial charge in [0.05, 0.1) is 5.41 Å². The molecule has 1 aromatic carbocycles. The first-order valence-corrected chi connectivity index (χ1v) is 12.8. The van der Waals surface area contributed by atoms with Crippen LogP contribution >= 0.6 is 0 Å². The van der Waals surface area contributed by atoms with Gasteiger partial charge >= 0.3 is 5.97 Å². The van der Waals surface area contributed by atoms with E-state index in [0.29, 0.717) is 56.2 Å². The lowest BCUT2D eigenvalue weighted by atomic mass is 9.53. The Hall–Kier alpha value is -4.35. The maximum atomic E-state index is 13.6. The lowest BCUT2D eigenvalue weighted by molar-refractivity contribution is -0.158. The van der Waals surface area contributed by atoms with E-state index in [1.807, 2.05) is 0 Å². The molecule has 3 aromatic rings. The third-order valence-electron chi connectivity index (χ3n) is 8.35. The minimum Gasteiger partial charge on any atom is -0.481 e. The first-order valence-electron chi connectivity index (χ1n) is 12.8.